The summed E-state index contributed by atoms with van der Waals surface area (Å²) in [5.41, 5.74) is 2.08. The van der Waals surface area contributed by atoms with Crippen LogP contribution in [0.1, 0.15) is 16.1 Å². The molecule has 126 valence electrons. The maximum atomic E-state index is 12.1. The molecule has 0 unspecified atom stereocenters. The minimum Gasteiger partial charge on any atom is -0.465 e. The number of aromatic nitrogens is 1. The van der Waals surface area contributed by atoms with Gasteiger partial charge in [0.2, 0.25) is 0 Å². The van der Waals surface area contributed by atoms with E-state index in [2.05, 4.69) is 9.72 Å². The summed E-state index contributed by atoms with van der Waals surface area (Å²) in [4.78, 5) is 27.9. The van der Waals surface area contributed by atoms with E-state index in [1.54, 1.807) is 24.3 Å². The first-order chi connectivity index (χ1) is 12.2. The van der Waals surface area contributed by atoms with Crippen molar-refractivity contribution in [3.63, 3.8) is 0 Å². The predicted molar refractivity (Wildman–Crippen MR) is 94.7 cm³/mol. The number of nitrogens with zero attached hydrogens (tertiary/aromatic N) is 1. The molecule has 3 rings (SSSR count). The van der Waals surface area contributed by atoms with Gasteiger partial charge in [-0.15, -0.1) is 11.3 Å². The molecule has 0 amide bonds. The number of benzene rings is 2. The Morgan fingerprint density at radius 3 is 2.44 bits per heavy atom. The minimum atomic E-state index is -0.436. The number of carbonyl (C=O) groups is 2. The van der Waals surface area contributed by atoms with Crippen molar-refractivity contribution < 1.29 is 19.1 Å². The molecule has 0 aliphatic rings. The summed E-state index contributed by atoms with van der Waals surface area (Å²) >= 11 is 1.49. The van der Waals surface area contributed by atoms with Crippen LogP contribution in [0.5, 0.6) is 5.75 Å². The van der Waals surface area contributed by atoms with Gasteiger partial charge >= 0.3 is 11.9 Å². The average molecular weight is 353 g/mol. The molecule has 0 atom stereocenters. The van der Waals surface area contributed by atoms with Crippen LogP contribution >= 0.6 is 11.3 Å². The van der Waals surface area contributed by atoms with E-state index < -0.39 is 11.9 Å². The van der Waals surface area contributed by atoms with Crippen LogP contribution in [0.4, 0.5) is 0 Å². The molecule has 0 saturated heterocycles. The van der Waals surface area contributed by atoms with Crippen LogP contribution in [0.25, 0.3) is 10.6 Å². The van der Waals surface area contributed by atoms with E-state index in [4.69, 9.17) is 4.74 Å². The average Bonchev–Trinajstić information content (AvgIpc) is 3.10. The minimum absolute atomic E-state index is 0.0854. The molecule has 25 heavy (non-hydrogen) atoms. The predicted octanol–water partition coefficient (Wildman–Crippen LogP) is 3.74. The first kappa shape index (κ1) is 16.9. The molecule has 5 nitrogen and oxygen atoms in total. The lowest BCUT2D eigenvalue weighted by molar-refractivity contribution is -0.133. The maximum absolute atomic E-state index is 12.1. The molecule has 1 aromatic heterocycles. The van der Waals surface area contributed by atoms with Gasteiger partial charge in [-0.1, -0.05) is 30.3 Å². The van der Waals surface area contributed by atoms with E-state index in [1.165, 1.54) is 18.4 Å². The second-order valence-corrected chi connectivity index (χ2v) is 6.03. The SMILES string of the molecule is COC(=O)c1ccc(OC(=O)Cc2csc(-c3ccccc3)n2)cc1. The van der Waals surface area contributed by atoms with Crippen molar-refractivity contribution in [2.75, 3.05) is 7.11 Å². The number of hydrogen-bond acceptors (Lipinski definition) is 6. The van der Waals surface area contributed by atoms with Gasteiger partial charge in [-0.25, -0.2) is 9.78 Å². The maximum Gasteiger partial charge on any atom is 0.337 e. The van der Waals surface area contributed by atoms with E-state index >= 15 is 0 Å². The third-order valence-corrected chi connectivity index (χ3v) is 4.35. The zero-order valence-electron chi connectivity index (χ0n) is 13.5. The largest absolute Gasteiger partial charge is 0.465 e. The summed E-state index contributed by atoms with van der Waals surface area (Å²) in [6, 6.07) is 16.0. The Bertz CT molecular complexity index is 872. The van der Waals surface area contributed by atoms with Crippen molar-refractivity contribution in [1.82, 2.24) is 4.98 Å². The third-order valence-electron chi connectivity index (χ3n) is 3.41. The number of esters is 2. The van der Waals surface area contributed by atoms with Crippen molar-refractivity contribution in [2.45, 2.75) is 6.42 Å². The number of rotatable bonds is 5. The van der Waals surface area contributed by atoms with Crippen LogP contribution < -0.4 is 4.74 Å². The van der Waals surface area contributed by atoms with Gasteiger partial charge in [0, 0.05) is 10.9 Å². The lowest BCUT2D eigenvalue weighted by atomic mass is 10.2. The highest BCUT2D eigenvalue weighted by atomic mass is 32.1. The van der Waals surface area contributed by atoms with Crippen molar-refractivity contribution in [3.05, 3.63) is 71.2 Å². The topological polar surface area (TPSA) is 65.5 Å². The smallest absolute Gasteiger partial charge is 0.337 e. The molecule has 0 spiro atoms. The van der Waals surface area contributed by atoms with Gasteiger partial charge < -0.3 is 9.47 Å². The lowest BCUT2D eigenvalue weighted by Crippen LogP contribution is -2.11. The van der Waals surface area contributed by atoms with Gasteiger partial charge in [-0.2, -0.15) is 0 Å². The Labute approximate surface area is 148 Å². The number of thiazole rings is 1. The monoisotopic (exact) mass is 353 g/mol. The standard InChI is InChI=1S/C19H15NO4S/c1-23-19(22)14-7-9-16(10-8-14)24-17(21)11-15-12-25-18(20-15)13-5-3-2-4-6-13/h2-10,12H,11H2,1H3. The molecule has 6 heteroatoms. The Balaban J connectivity index is 1.61. The van der Waals surface area contributed by atoms with Crippen molar-refractivity contribution in [1.29, 1.82) is 0 Å². The van der Waals surface area contributed by atoms with Gasteiger partial charge in [0.05, 0.1) is 24.8 Å². The van der Waals surface area contributed by atoms with Gasteiger partial charge in [-0.05, 0) is 24.3 Å². The molecule has 3 aromatic rings. The zero-order chi connectivity index (χ0) is 17.6. The van der Waals surface area contributed by atoms with Crippen molar-refractivity contribution in [2.24, 2.45) is 0 Å². The molecule has 0 aliphatic heterocycles. The Hall–Kier alpha value is -2.99. The first-order valence-corrected chi connectivity index (χ1v) is 8.42. The molecule has 2 aromatic carbocycles. The second kappa shape index (κ2) is 7.72. The second-order valence-electron chi connectivity index (χ2n) is 5.18. The Morgan fingerprint density at radius 1 is 1.04 bits per heavy atom. The van der Waals surface area contributed by atoms with E-state index in [0.717, 1.165) is 10.6 Å². The summed E-state index contributed by atoms with van der Waals surface area (Å²) in [5.74, 6) is -0.472. The molecule has 0 saturated carbocycles. The Kier molecular flexibility index (Phi) is 5.20. The van der Waals surface area contributed by atoms with Crippen LogP contribution in [0.3, 0.4) is 0 Å². The van der Waals surface area contributed by atoms with Crippen LogP contribution in [0, 0.1) is 0 Å². The highest BCUT2D eigenvalue weighted by molar-refractivity contribution is 7.13. The molecule has 0 radical (unpaired) electrons. The highest BCUT2D eigenvalue weighted by Crippen LogP contribution is 2.23. The fourth-order valence-electron chi connectivity index (χ4n) is 2.19. The molecular formula is C19H15NO4S. The fraction of sp³-hybridized carbons (Fsp3) is 0.105. The molecule has 0 aliphatic carbocycles. The van der Waals surface area contributed by atoms with Crippen LogP contribution in [0.15, 0.2) is 60.0 Å². The van der Waals surface area contributed by atoms with Crippen LogP contribution in [0.2, 0.25) is 0 Å². The van der Waals surface area contributed by atoms with Gasteiger partial charge in [0.15, 0.2) is 0 Å². The molecule has 0 bridgehead atoms. The lowest BCUT2D eigenvalue weighted by Gasteiger charge is -2.04. The summed E-state index contributed by atoms with van der Waals surface area (Å²) in [5, 5.41) is 2.72. The van der Waals surface area contributed by atoms with Crippen LogP contribution in [-0.2, 0) is 16.0 Å². The number of methoxy groups -OCH3 is 1. The molecule has 0 fully saturated rings. The summed E-state index contributed by atoms with van der Waals surface area (Å²) in [7, 11) is 1.31. The Morgan fingerprint density at radius 2 is 1.76 bits per heavy atom. The first-order valence-electron chi connectivity index (χ1n) is 7.54. The van der Waals surface area contributed by atoms with Crippen LogP contribution in [-0.4, -0.2) is 24.0 Å². The quantitative estimate of drug-likeness (QED) is 0.516. The highest BCUT2D eigenvalue weighted by Gasteiger charge is 2.12. The number of ether oxygens (including phenoxy) is 2. The molecular weight excluding hydrogens is 338 g/mol. The van der Waals surface area contributed by atoms with Gasteiger partial charge in [0.25, 0.3) is 0 Å². The summed E-state index contributed by atoms with van der Waals surface area (Å²) < 4.78 is 9.90. The van der Waals surface area contributed by atoms with Crippen molar-refractivity contribution >= 4 is 23.3 Å². The summed E-state index contributed by atoms with van der Waals surface area (Å²) in [6.45, 7) is 0. The normalized spacial score (nSPS) is 10.3. The number of hydrogen-bond donors (Lipinski definition) is 0. The number of carbonyl (C=O) groups excluding carboxylic acids is 2. The van der Waals surface area contributed by atoms with Crippen molar-refractivity contribution in [3.8, 4) is 16.3 Å². The van der Waals surface area contributed by atoms with E-state index in [-0.39, 0.29) is 6.42 Å². The zero-order valence-corrected chi connectivity index (χ0v) is 14.3. The van der Waals surface area contributed by atoms with E-state index in [9.17, 15) is 9.59 Å². The van der Waals surface area contributed by atoms with E-state index in [0.29, 0.717) is 17.0 Å². The third kappa shape index (κ3) is 4.30. The summed E-state index contributed by atoms with van der Waals surface area (Å²) in [6.07, 6.45) is 0.0854. The fourth-order valence-corrected chi connectivity index (χ4v) is 3.02. The van der Waals surface area contributed by atoms with E-state index in [1.807, 2.05) is 35.7 Å². The molecule has 1 heterocycles. The van der Waals surface area contributed by atoms with Gasteiger partial charge in [-0.3, -0.25) is 4.79 Å². The molecule has 0 N–H and O–H groups in total. The van der Waals surface area contributed by atoms with Gasteiger partial charge in [0.1, 0.15) is 10.8 Å².